The first kappa shape index (κ1) is 19.4. The predicted molar refractivity (Wildman–Crippen MR) is 89.2 cm³/mol. The normalized spacial score (nSPS) is 16.0. The van der Waals surface area contributed by atoms with Crippen LogP contribution in [0, 0.1) is 6.92 Å². The van der Waals surface area contributed by atoms with Gasteiger partial charge in [-0.05, 0) is 37.4 Å². The van der Waals surface area contributed by atoms with E-state index in [0.717, 1.165) is 10.7 Å². The minimum Gasteiger partial charge on any atom is -0.341 e. The molecule has 146 valence electrons. The summed E-state index contributed by atoms with van der Waals surface area (Å²) in [5.74, 6) is -0.287. The van der Waals surface area contributed by atoms with Gasteiger partial charge >= 0.3 is 6.18 Å². The topological polar surface area (TPSA) is 73.0 Å². The Bertz CT molecular complexity index is 853. The first-order chi connectivity index (χ1) is 12.6. The first-order valence-electron chi connectivity index (χ1n) is 8.28. The third-order valence-electron chi connectivity index (χ3n) is 4.58. The van der Waals surface area contributed by atoms with Crippen molar-refractivity contribution < 1.29 is 22.8 Å². The van der Waals surface area contributed by atoms with Gasteiger partial charge in [-0.1, -0.05) is 0 Å². The second kappa shape index (κ2) is 7.34. The van der Waals surface area contributed by atoms with E-state index < -0.39 is 17.1 Å². The van der Waals surface area contributed by atoms with Crippen LogP contribution in [0.1, 0.15) is 40.6 Å². The summed E-state index contributed by atoms with van der Waals surface area (Å²) in [7, 11) is 0. The molecule has 7 nitrogen and oxygen atoms in total. The van der Waals surface area contributed by atoms with Gasteiger partial charge in [0.05, 0.1) is 17.8 Å². The number of hydrogen-bond acceptors (Lipinski definition) is 4. The summed E-state index contributed by atoms with van der Waals surface area (Å²) >= 11 is 5.42. The van der Waals surface area contributed by atoms with Crippen molar-refractivity contribution in [2.24, 2.45) is 0 Å². The lowest BCUT2D eigenvalue weighted by Gasteiger charge is -2.32. The van der Waals surface area contributed by atoms with E-state index in [1.165, 1.54) is 13.1 Å². The van der Waals surface area contributed by atoms with Crippen LogP contribution in [0.25, 0.3) is 0 Å². The van der Waals surface area contributed by atoms with Gasteiger partial charge in [0.1, 0.15) is 6.54 Å². The zero-order valence-electron chi connectivity index (χ0n) is 14.4. The molecule has 3 heterocycles. The fourth-order valence-electron chi connectivity index (χ4n) is 3.06. The molecule has 0 aromatic carbocycles. The molecule has 0 unspecified atom stereocenters. The van der Waals surface area contributed by atoms with Crippen LogP contribution in [-0.2, 0) is 17.5 Å². The molecule has 1 saturated heterocycles. The molecule has 1 fully saturated rings. The monoisotopic (exact) mass is 403 g/mol. The number of alkyl halides is 3. The summed E-state index contributed by atoms with van der Waals surface area (Å²) in [5, 5.41) is 7.02. The van der Waals surface area contributed by atoms with Gasteiger partial charge in [0.15, 0.2) is 5.69 Å². The van der Waals surface area contributed by atoms with Crippen molar-refractivity contribution in [1.29, 1.82) is 0 Å². The third kappa shape index (κ3) is 4.32. The minimum absolute atomic E-state index is 0.0297. The van der Waals surface area contributed by atoms with E-state index in [2.05, 4.69) is 10.2 Å². The van der Waals surface area contributed by atoms with Gasteiger partial charge in [-0.15, -0.1) is 0 Å². The average Bonchev–Trinajstić information content (AvgIpc) is 3.22. The summed E-state index contributed by atoms with van der Waals surface area (Å²) in [4.78, 5) is 25.1. The molecule has 0 aliphatic carbocycles. The van der Waals surface area contributed by atoms with Crippen LogP contribution in [0.4, 0.5) is 13.2 Å². The molecular weight excluding hydrogens is 387 g/mol. The van der Waals surface area contributed by atoms with Crippen LogP contribution in [0.15, 0.2) is 18.5 Å². The Morgan fingerprint density at radius 1 is 1.30 bits per heavy atom. The summed E-state index contributed by atoms with van der Waals surface area (Å²) in [6.45, 7) is 2.13. The number of carbonyl (C=O) groups excluding carboxylic acids is 2. The molecular formula is C16H17ClF3N5O2. The minimum atomic E-state index is -4.54. The molecule has 0 N–H and O–H groups in total. The van der Waals surface area contributed by atoms with Crippen LogP contribution < -0.4 is 0 Å². The van der Waals surface area contributed by atoms with E-state index in [4.69, 9.17) is 11.6 Å². The highest BCUT2D eigenvalue weighted by molar-refractivity contribution is 6.67. The van der Waals surface area contributed by atoms with Crippen molar-refractivity contribution in [1.82, 2.24) is 24.5 Å². The summed E-state index contributed by atoms with van der Waals surface area (Å²) in [5.41, 5.74) is -0.417. The Kier molecular flexibility index (Phi) is 5.27. The van der Waals surface area contributed by atoms with E-state index in [0.29, 0.717) is 31.5 Å². The number of hydrogen-bond donors (Lipinski definition) is 0. The molecule has 2 aromatic rings. The molecule has 0 atom stereocenters. The number of nitrogens with zero attached hydrogens (tertiary/aromatic N) is 5. The molecule has 3 rings (SSSR count). The number of aryl methyl sites for hydroxylation is 1. The van der Waals surface area contributed by atoms with Crippen LogP contribution >= 0.6 is 11.6 Å². The van der Waals surface area contributed by atoms with Gasteiger partial charge in [0.25, 0.3) is 5.24 Å². The lowest BCUT2D eigenvalue weighted by atomic mass is 10.1. The Morgan fingerprint density at radius 3 is 2.48 bits per heavy atom. The first-order valence-corrected chi connectivity index (χ1v) is 8.66. The molecule has 1 aliphatic heterocycles. The van der Waals surface area contributed by atoms with Gasteiger partial charge in [-0.25, -0.2) is 0 Å². The van der Waals surface area contributed by atoms with Crippen molar-refractivity contribution >= 4 is 22.8 Å². The molecule has 1 amide bonds. The average molecular weight is 404 g/mol. The largest absolute Gasteiger partial charge is 0.435 e. The number of rotatable bonds is 4. The SMILES string of the molecule is Cc1cc(C(F)(F)F)nn1CC(=O)N1CCC(n2cc(C(=O)Cl)cn2)CC1. The van der Waals surface area contributed by atoms with Gasteiger partial charge < -0.3 is 4.90 Å². The molecule has 11 heteroatoms. The Morgan fingerprint density at radius 2 is 1.96 bits per heavy atom. The Balaban J connectivity index is 1.58. The van der Waals surface area contributed by atoms with E-state index in [1.54, 1.807) is 15.8 Å². The number of carbonyl (C=O) groups is 2. The van der Waals surface area contributed by atoms with Crippen molar-refractivity contribution in [3.05, 3.63) is 35.4 Å². The molecule has 27 heavy (non-hydrogen) atoms. The number of aromatic nitrogens is 4. The Labute approximate surface area is 157 Å². The maximum atomic E-state index is 12.7. The van der Waals surface area contributed by atoms with E-state index in [9.17, 15) is 22.8 Å². The highest BCUT2D eigenvalue weighted by atomic mass is 35.5. The Hall–Kier alpha value is -2.36. The van der Waals surface area contributed by atoms with Crippen molar-refractivity contribution in [2.45, 2.75) is 38.5 Å². The second-order valence-electron chi connectivity index (χ2n) is 6.42. The molecule has 2 aromatic heterocycles. The lowest BCUT2D eigenvalue weighted by Crippen LogP contribution is -2.41. The fraction of sp³-hybridized carbons (Fsp3) is 0.500. The van der Waals surface area contributed by atoms with Gasteiger partial charge in [-0.3, -0.25) is 19.0 Å². The molecule has 0 radical (unpaired) electrons. The van der Waals surface area contributed by atoms with Gasteiger partial charge in [0.2, 0.25) is 5.91 Å². The maximum Gasteiger partial charge on any atom is 0.435 e. The number of likely N-dealkylation sites (tertiary alicyclic amines) is 1. The van der Waals surface area contributed by atoms with Crippen molar-refractivity contribution in [3.63, 3.8) is 0 Å². The zero-order valence-corrected chi connectivity index (χ0v) is 15.2. The van der Waals surface area contributed by atoms with E-state index in [1.807, 2.05) is 0 Å². The summed E-state index contributed by atoms with van der Waals surface area (Å²) in [6, 6.07) is 0.953. The molecule has 0 saturated carbocycles. The highest BCUT2D eigenvalue weighted by Gasteiger charge is 2.35. The number of amides is 1. The number of piperidine rings is 1. The molecule has 1 aliphatic rings. The van der Waals surface area contributed by atoms with Crippen LogP contribution in [0.3, 0.4) is 0 Å². The van der Waals surface area contributed by atoms with Crippen molar-refractivity contribution in [3.8, 4) is 0 Å². The second-order valence-corrected chi connectivity index (χ2v) is 6.76. The summed E-state index contributed by atoms with van der Waals surface area (Å²) in [6.07, 6.45) is -0.330. The van der Waals surface area contributed by atoms with Crippen molar-refractivity contribution in [2.75, 3.05) is 13.1 Å². The highest BCUT2D eigenvalue weighted by Crippen LogP contribution is 2.28. The predicted octanol–water partition coefficient (Wildman–Crippen LogP) is 2.65. The third-order valence-corrected chi connectivity index (χ3v) is 4.79. The zero-order chi connectivity index (χ0) is 19.8. The summed E-state index contributed by atoms with van der Waals surface area (Å²) < 4.78 is 40.9. The quantitative estimate of drug-likeness (QED) is 0.736. The molecule has 0 spiro atoms. The maximum absolute atomic E-state index is 12.7. The number of halogens is 4. The van der Waals surface area contributed by atoms with Crippen LogP contribution in [0.2, 0.25) is 0 Å². The van der Waals surface area contributed by atoms with Gasteiger partial charge in [-0.2, -0.15) is 23.4 Å². The smallest absolute Gasteiger partial charge is 0.341 e. The standard InChI is InChI=1S/C16H17ClF3N5O2/c1-10-6-13(16(18,19)20)22-24(10)9-14(26)23-4-2-12(3-5-23)25-8-11(7-21-25)15(17)27/h6-8,12H,2-5,9H2,1H3. The van der Waals surface area contributed by atoms with Crippen LogP contribution in [0.5, 0.6) is 0 Å². The lowest BCUT2D eigenvalue weighted by molar-refractivity contribution is -0.142. The molecule has 0 bridgehead atoms. The van der Waals surface area contributed by atoms with E-state index in [-0.39, 0.29) is 24.2 Å². The van der Waals surface area contributed by atoms with E-state index >= 15 is 0 Å². The van der Waals surface area contributed by atoms with Crippen LogP contribution in [-0.4, -0.2) is 48.7 Å². The van der Waals surface area contributed by atoms with Gasteiger partial charge in [0, 0.05) is 25.0 Å². The fourth-order valence-corrected chi connectivity index (χ4v) is 3.15.